The van der Waals surface area contributed by atoms with Gasteiger partial charge >= 0.3 is 15.1 Å². The van der Waals surface area contributed by atoms with Crippen LogP contribution in [-0.4, -0.2) is 44.1 Å². The average molecular weight is 587 g/mol. The van der Waals surface area contributed by atoms with Crippen LogP contribution in [0.25, 0.3) is 0 Å². The van der Waals surface area contributed by atoms with Gasteiger partial charge in [0.05, 0.1) is 10.5 Å². The Morgan fingerprint density at radius 3 is 2.24 bits per heavy atom. The average Bonchev–Trinajstić information content (AvgIpc) is 3.33. The molecular formula is C24H25Cl2N3O6S2. The largest absolute Gasteiger partial charge is 0.382 e. The minimum atomic E-state index is -4.36. The molecule has 37 heavy (non-hydrogen) atoms. The van der Waals surface area contributed by atoms with Gasteiger partial charge < -0.3 is 14.4 Å². The molecule has 0 bridgehead atoms. The van der Waals surface area contributed by atoms with Gasteiger partial charge in [-0.1, -0.05) is 23.5 Å². The third kappa shape index (κ3) is 7.81. The van der Waals surface area contributed by atoms with Gasteiger partial charge in [-0.25, -0.2) is 0 Å². The third-order valence-electron chi connectivity index (χ3n) is 5.35. The molecule has 198 valence electrons. The highest BCUT2D eigenvalue weighted by molar-refractivity contribution is 7.87. The molecule has 1 N–H and O–H groups in total. The van der Waals surface area contributed by atoms with E-state index in [1.807, 2.05) is 4.90 Å². The molecule has 9 nitrogen and oxygen atoms in total. The van der Waals surface area contributed by atoms with Crippen molar-refractivity contribution in [1.29, 1.82) is 0 Å². The van der Waals surface area contributed by atoms with Crippen molar-refractivity contribution < 1.29 is 22.3 Å². The number of alkyl halides is 2. The lowest BCUT2D eigenvalue weighted by Gasteiger charge is -2.23. The highest BCUT2D eigenvalue weighted by atomic mass is 35.5. The number of nitrogens with zero attached hydrogens (tertiary/aromatic N) is 2. The number of hydrogen-bond donors (Lipinski definition) is 1. The fraction of sp³-hybridized carbons (Fsp3) is 0.292. The summed E-state index contributed by atoms with van der Waals surface area (Å²) >= 11 is 12.6. The minimum absolute atomic E-state index is 0.0490. The number of nitro groups is 1. The summed E-state index contributed by atoms with van der Waals surface area (Å²) in [6.07, 6.45) is -0.0719. The standard InChI is InChI=1S/C24H25Cl2N3O6S2/c1-17(30)27-19-4-2-18(3-5-19)16-23(22-10-15-36-24(22)29(31)32)37(33,34)35-21-8-6-20(7-9-21)28(13-11-25)14-12-26/h2-10,15,23H,11-14,16H2,1H3,(H,27,30). The summed E-state index contributed by atoms with van der Waals surface area (Å²) in [5, 5.41) is 14.1. The maximum Gasteiger partial charge on any atom is 0.328 e. The summed E-state index contributed by atoms with van der Waals surface area (Å²) in [4.78, 5) is 24.2. The minimum Gasteiger partial charge on any atom is -0.382 e. The molecule has 0 radical (unpaired) electrons. The van der Waals surface area contributed by atoms with Gasteiger partial charge in [0.15, 0.2) is 0 Å². The molecule has 0 aliphatic carbocycles. The number of carbonyl (C=O) groups is 1. The Labute approximate surface area is 229 Å². The number of hydrogen-bond acceptors (Lipinski definition) is 8. The summed E-state index contributed by atoms with van der Waals surface area (Å²) < 4.78 is 32.4. The van der Waals surface area contributed by atoms with E-state index in [9.17, 15) is 23.3 Å². The zero-order valence-electron chi connectivity index (χ0n) is 19.8. The van der Waals surface area contributed by atoms with Gasteiger partial charge in [0.1, 0.15) is 11.0 Å². The van der Waals surface area contributed by atoms with E-state index in [0.29, 0.717) is 36.1 Å². The van der Waals surface area contributed by atoms with E-state index in [0.717, 1.165) is 17.0 Å². The van der Waals surface area contributed by atoms with Crippen molar-refractivity contribution >= 4 is 66.9 Å². The molecule has 2 aromatic carbocycles. The van der Waals surface area contributed by atoms with Crippen LogP contribution in [-0.2, 0) is 21.3 Å². The van der Waals surface area contributed by atoms with Gasteiger partial charge in [-0.2, -0.15) is 8.42 Å². The van der Waals surface area contributed by atoms with E-state index < -0.39 is 20.3 Å². The predicted molar refractivity (Wildman–Crippen MR) is 148 cm³/mol. The quantitative estimate of drug-likeness (QED) is 0.120. The molecule has 1 aromatic heterocycles. The number of thiophene rings is 1. The normalized spacial score (nSPS) is 12.1. The summed E-state index contributed by atoms with van der Waals surface area (Å²) in [5.74, 6) is 0.631. The fourth-order valence-electron chi connectivity index (χ4n) is 3.69. The van der Waals surface area contributed by atoms with Crippen LogP contribution in [0, 0.1) is 10.1 Å². The molecule has 13 heteroatoms. The SMILES string of the molecule is CC(=O)Nc1ccc(CC(c2ccsc2[N+](=O)[O-])S(=O)(=O)Oc2ccc(N(CCCl)CCCl)cc2)cc1. The van der Waals surface area contributed by atoms with Crippen LogP contribution < -0.4 is 14.4 Å². The molecule has 0 fully saturated rings. The van der Waals surface area contributed by atoms with Crippen LogP contribution in [0.2, 0.25) is 0 Å². The molecular weight excluding hydrogens is 561 g/mol. The summed E-state index contributed by atoms with van der Waals surface area (Å²) in [6.45, 7) is 2.51. The molecule has 3 aromatic rings. The van der Waals surface area contributed by atoms with E-state index in [4.69, 9.17) is 27.4 Å². The molecule has 0 saturated heterocycles. The predicted octanol–water partition coefficient (Wildman–Crippen LogP) is 5.59. The van der Waals surface area contributed by atoms with Crippen LogP contribution in [0.4, 0.5) is 16.4 Å². The molecule has 1 unspecified atom stereocenters. The van der Waals surface area contributed by atoms with Crippen molar-refractivity contribution in [3.8, 4) is 5.75 Å². The van der Waals surface area contributed by atoms with Crippen LogP contribution in [0.5, 0.6) is 5.75 Å². The Kier molecular flexibility index (Phi) is 10.2. The lowest BCUT2D eigenvalue weighted by Crippen LogP contribution is -2.27. The molecule has 0 spiro atoms. The molecule has 0 saturated carbocycles. The summed E-state index contributed by atoms with van der Waals surface area (Å²) in [7, 11) is -4.36. The smallest absolute Gasteiger partial charge is 0.328 e. The highest BCUT2D eigenvalue weighted by Gasteiger charge is 2.36. The van der Waals surface area contributed by atoms with Crippen LogP contribution in [0.3, 0.4) is 0 Å². The van der Waals surface area contributed by atoms with E-state index >= 15 is 0 Å². The Bertz CT molecular complexity index is 1310. The van der Waals surface area contributed by atoms with E-state index in [1.165, 1.54) is 30.5 Å². The maximum atomic E-state index is 13.5. The lowest BCUT2D eigenvalue weighted by atomic mass is 10.1. The van der Waals surface area contributed by atoms with E-state index in [-0.39, 0.29) is 28.6 Å². The molecule has 0 aliphatic heterocycles. The number of anilines is 2. The number of nitrogens with one attached hydrogen (secondary N) is 1. The van der Waals surface area contributed by atoms with Crippen molar-refractivity contribution in [2.24, 2.45) is 0 Å². The zero-order valence-corrected chi connectivity index (χ0v) is 22.9. The van der Waals surface area contributed by atoms with Crippen molar-refractivity contribution in [2.45, 2.75) is 18.6 Å². The molecule has 3 rings (SSSR count). The maximum absolute atomic E-state index is 13.5. The van der Waals surface area contributed by atoms with Crippen molar-refractivity contribution in [3.63, 3.8) is 0 Å². The van der Waals surface area contributed by atoms with Gasteiger partial charge in [0, 0.05) is 43.1 Å². The summed E-state index contributed by atoms with van der Waals surface area (Å²) in [6, 6.07) is 14.4. The number of amides is 1. The first-order valence-electron chi connectivity index (χ1n) is 11.1. The Morgan fingerprint density at radius 2 is 1.70 bits per heavy atom. The van der Waals surface area contributed by atoms with Crippen LogP contribution >= 0.6 is 34.5 Å². The van der Waals surface area contributed by atoms with Gasteiger partial charge in [-0.15, -0.1) is 23.2 Å². The first-order valence-corrected chi connectivity index (χ1v) is 14.5. The van der Waals surface area contributed by atoms with Crippen molar-refractivity contribution in [2.75, 3.05) is 35.1 Å². The van der Waals surface area contributed by atoms with Crippen LogP contribution in [0.15, 0.2) is 60.0 Å². The molecule has 1 amide bonds. The number of benzene rings is 2. The highest BCUT2D eigenvalue weighted by Crippen LogP contribution is 2.38. The fourth-order valence-corrected chi connectivity index (χ4v) is 6.34. The number of halogens is 2. The van der Waals surface area contributed by atoms with E-state index in [2.05, 4.69) is 5.32 Å². The zero-order chi connectivity index (χ0) is 27.0. The van der Waals surface area contributed by atoms with Crippen LogP contribution in [0.1, 0.15) is 23.3 Å². The monoisotopic (exact) mass is 585 g/mol. The lowest BCUT2D eigenvalue weighted by molar-refractivity contribution is -0.380. The molecule has 0 aliphatic rings. The van der Waals surface area contributed by atoms with Gasteiger partial charge in [0.25, 0.3) is 0 Å². The second-order valence-corrected chi connectivity index (χ2v) is 11.3. The Morgan fingerprint density at radius 1 is 1.08 bits per heavy atom. The van der Waals surface area contributed by atoms with Gasteiger partial charge in [0.2, 0.25) is 5.91 Å². The third-order valence-corrected chi connectivity index (χ3v) is 8.11. The second-order valence-electron chi connectivity index (χ2n) is 7.94. The second kappa shape index (κ2) is 13.1. The topological polar surface area (TPSA) is 119 Å². The number of rotatable bonds is 13. The first kappa shape index (κ1) is 28.7. The van der Waals surface area contributed by atoms with Gasteiger partial charge in [-0.05, 0) is 59.8 Å². The van der Waals surface area contributed by atoms with Crippen molar-refractivity contribution in [3.05, 3.63) is 81.2 Å². The molecule has 1 atom stereocenters. The first-order chi connectivity index (χ1) is 17.6. The molecule has 1 heterocycles. The van der Waals surface area contributed by atoms with E-state index in [1.54, 1.807) is 36.4 Å². The Balaban J connectivity index is 1.90. The van der Waals surface area contributed by atoms with Crippen molar-refractivity contribution in [1.82, 2.24) is 0 Å². The number of carbonyl (C=O) groups excluding carboxylic acids is 1. The van der Waals surface area contributed by atoms with Gasteiger partial charge in [-0.3, -0.25) is 14.9 Å². The Hall–Kier alpha value is -2.86. The summed E-state index contributed by atoms with van der Waals surface area (Å²) in [5.41, 5.74) is 1.99.